The molecule has 0 N–H and O–H groups in total. The Morgan fingerprint density at radius 1 is 1.06 bits per heavy atom. The van der Waals surface area contributed by atoms with Crippen molar-refractivity contribution in [3.8, 4) is 11.1 Å². The number of nitrogens with zero attached hydrogens (tertiary/aromatic N) is 1. The van der Waals surface area contributed by atoms with Crippen molar-refractivity contribution in [2.45, 2.75) is 19.3 Å². The fourth-order valence-corrected chi connectivity index (χ4v) is 2.90. The van der Waals surface area contributed by atoms with E-state index in [0.29, 0.717) is 0 Å². The highest BCUT2D eigenvalue weighted by Crippen LogP contribution is 2.48. The Balaban J connectivity index is 2.39. The van der Waals surface area contributed by atoms with Crippen molar-refractivity contribution < 1.29 is 0 Å². The standard InChI is InChI=1S/C14H12BrN/c1-14(2)11-6-4-3-5-9(11)10-8-16-13(15)7-12(10)14/h3-8H,1-2H3. The van der Waals surface area contributed by atoms with Crippen LogP contribution >= 0.6 is 15.9 Å². The molecule has 80 valence electrons. The van der Waals surface area contributed by atoms with Gasteiger partial charge in [-0.1, -0.05) is 38.1 Å². The van der Waals surface area contributed by atoms with Crippen LogP contribution in [0.4, 0.5) is 0 Å². The summed E-state index contributed by atoms with van der Waals surface area (Å²) in [6.07, 6.45) is 1.97. The fraction of sp³-hybridized carbons (Fsp3) is 0.214. The number of hydrogen-bond acceptors (Lipinski definition) is 1. The Bertz CT molecular complexity index is 573. The first kappa shape index (κ1) is 10.0. The van der Waals surface area contributed by atoms with Gasteiger partial charge in [0.1, 0.15) is 4.60 Å². The highest BCUT2D eigenvalue weighted by molar-refractivity contribution is 9.10. The molecule has 3 rings (SSSR count). The molecule has 0 aliphatic heterocycles. The zero-order valence-electron chi connectivity index (χ0n) is 9.29. The Morgan fingerprint density at radius 2 is 1.81 bits per heavy atom. The quantitative estimate of drug-likeness (QED) is 0.657. The van der Waals surface area contributed by atoms with E-state index in [4.69, 9.17) is 0 Å². The Labute approximate surface area is 104 Å². The summed E-state index contributed by atoms with van der Waals surface area (Å²) in [6.45, 7) is 4.54. The molecule has 0 spiro atoms. The van der Waals surface area contributed by atoms with E-state index in [1.165, 1.54) is 22.3 Å². The first-order valence-corrected chi connectivity index (χ1v) is 6.16. The van der Waals surface area contributed by atoms with Crippen LogP contribution in [0.5, 0.6) is 0 Å². The van der Waals surface area contributed by atoms with Gasteiger partial charge in [0.25, 0.3) is 0 Å². The third-order valence-electron chi connectivity index (χ3n) is 3.43. The number of benzene rings is 1. The second kappa shape index (κ2) is 3.17. The number of aromatic nitrogens is 1. The van der Waals surface area contributed by atoms with E-state index < -0.39 is 0 Å². The van der Waals surface area contributed by atoms with Gasteiger partial charge in [-0.05, 0) is 38.7 Å². The second-order valence-corrected chi connectivity index (χ2v) is 5.54. The summed E-state index contributed by atoms with van der Waals surface area (Å²) in [6, 6.07) is 10.7. The summed E-state index contributed by atoms with van der Waals surface area (Å²) in [5.41, 5.74) is 5.42. The van der Waals surface area contributed by atoms with E-state index in [1.807, 2.05) is 6.20 Å². The molecule has 1 aliphatic carbocycles. The molecule has 0 bridgehead atoms. The molecule has 2 aromatic rings. The molecule has 0 radical (unpaired) electrons. The van der Waals surface area contributed by atoms with E-state index in [0.717, 1.165) is 4.60 Å². The van der Waals surface area contributed by atoms with Crippen LogP contribution in [0.1, 0.15) is 25.0 Å². The summed E-state index contributed by atoms with van der Waals surface area (Å²) < 4.78 is 0.909. The Hall–Kier alpha value is -1.15. The smallest absolute Gasteiger partial charge is 0.106 e. The molecule has 16 heavy (non-hydrogen) atoms. The van der Waals surface area contributed by atoms with Crippen molar-refractivity contribution in [1.82, 2.24) is 4.98 Å². The third-order valence-corrected chi connectivity index (χ3v) is 3.87. The maximum Gasteiger partial charge on any atom is 0.106 e. The molecular weight excluding hydrogens is 262 g/mol. The topological polar surface area (TPSA) is 12.9 Å². The van der Waals surface area contributed by atoms with Crippen molar-refractivity contribution in [2.24, 2.45) is 0 Å². The van der Waals surface area contributed by atoms with Crippen molar-refractivity contribution in [1.29, 1.82) is 0 Å². The highest BCUT2D eigenvalue weighted by atomic mass is 79.9. The Morgan fingerprint density at radius 3 is 2.62 bits per heavy atom. The van der Waals surface area contributed by atoms with Crippen LogP contribution in [0.15, 0.2) is 41.1 Å². The van der Waals surface area contributed by atoms with E-state index in [-0.39, 0.29) is 5.41 Å². The molecule has 0 saturated carbocycles. The van der Waals surface area contributed by atoms with E-state index in [1.54, 1.807) is 0 Å². The van der Waals surface area contributed by atoms with E-state index in [9.17, 15) is 0 Å². The van der Waals surface area contributed by atoms with Crippen LogP contribution < -0.4 is 0 Å². The van der Waals surface area contributed by atoms with Gasteiger partial charge in [-0.25, -0.2) is 4.98 Å². The predicted molar refractivity (Wildman–Crippen MR) is 69.5 cm³/mol. The minimum absolute atomic E-state index is 0.0807. The van der Waals surface area contributed by atoms with Gasteiger partial charge in [0, 0.05) is 17.2 Å². The van der Waals surface area contributed by atoms with Gasteiger partial charge in [-0.3, -0.25) is 0 Å². The van der Waals surface area contributed by atoms with Crippen LogP contribution in [0.25, 0.3) is 11.1 Å². The molecule has 1 aromatic heterocycles. The predicted octanol–water partition coefficient (Wildman–Crippen LogP) is 4.15. The number of rotatable bonds is 0. The molecule has 1 aromatic carbocycles. The largest absolute Gasteiger partial charge is 0.249 e. The molecule has 0 unspecified atom stereocenters. The van der Waals surface area contributed by atoms with Gasteiger partial charge in [-0.2, -0.15) is 0 Å². The van der Waals surface area contributed by atoms with Crippen LogP contribution in [0.2, 0.25) is 0 Å². The molecule has 1 heterocycles. The summed E-state index contributed by atoms with van der Waals surface area (Å²) in [7, 11) is 0. The molecule has 0 fully saturated rings. The number of fused-ring (bicyclic) bond motifs is 3. The zero-order valence-corrected chi connectivity index (χ0v) is 10.9. The summed E-state index contributed by atoms with van der Waals surface area (Å²) in [4.78, 5) is 4.33. The minimum Gasteiger partial charge on any atom is -0.249 e. The molecule has 1 aliphatic rings. The van der Waals surface area contributed by atoms with Crippen molar-refractivity contribution in [2.75, 3.05) is 0 Å². The molecule has 1 nitrogen and oxygen atoms in total. The van der Waals surface area contributed by atoms with Crippen molar-refractivity contribution in [3.05, 3.63) is 52.3 Å². The van der Waals surface area contributed by atoms with Gasteiger partial charge in [-0.15, -0.1) is 0 Å². The van der Waals surface area contributed by atoms with Crippen LogP contribution in [-0.2, 0) is 5.41 Å². The van der Waals surface area contributed by atoms with Crippen LogP contribution in [-0.4, -0.2) is 4.98 Å². The zero-order chi connectivity index (χ0) is 11.3. The van der Waals surface area contributed by atoms with Gasteiger partial charge < -0.3 is 0 Å². The lowest BCUT2D eigenvalue weighted by Gasteiger charge is -2.21. The molecular formula is C14H12BrN. The van der Waals surface area contributed by atoms with Crippen molar-refractivity contribution >= 4 is 15.9 Å². The third kappa shape index (κ3) is 1.20. The fourth-order valence-electron chi connectivity index (χ4n) is 2.57. The molecule has 0 saturated heterocycles. The van der Waals surface area contributed by atoms with Gasteiger partial charge >= 0.3 is 0 Å². The monoisotopic (exact) mass is 273 g/mol. The average Bonchev–Trinajstić information content (AvgIpc) is 2.49. The lowest BCUT2D eigenvalue weighted by molar-refractivity contribution is 0.659. The lowest BCUT2D eigenvalue weighted by atomic mass is 9.83. The first-order chi connectivity index (χ1) is 7.60. The van der Waals surface area contributed by atoms with Gasteiger partial charge in [0.2, 0.25) is 0 Å². The summed E-state index contributed by atoms with van der Waals surface area (Å²) in [5, 5.41) is 0. The second-order valence-electron chi connectivity index (χ2n) is 4.72. The van der Waals surface area contributed by atoms with Crippen LogP contribution in [0, 0.1) is 0 Å². The maximum absolute atomic E-state index is 4.33. The lowest BCUT2D eigenvalue weighted by Crippen LogP contribution is -2.14. The SMILES string of the molecule is CC1(C)c2ccccc2-c2cnc(Br)cc21. The first-order valence-electron chi connectivity index (χ1n) is 5.36. The van der Waals surface area contributed by atoms with E-state index >= 15 is 0 Å². The summed E-state index contributed by atoms with van der Waals surface area (Å²) >= 11 is 3.45. The average molecular weight is 274 g/mol. The number of pyridine rings is 1. The van der Waals surface area contributed by atoms with Gasteiger partial charge in [0.15, 0.2) is 0 Å². The molecule has 0 amide bonds. The maximum atomic E-state index is 4.33. The molecule has 0 atom stereocenters. The van der Waals surface area contributed by atoms with Gasteiger partial charge in [0.05, 0.1) is 0 Å². The highest BCUT2D eigenvalue weighted by Gasteiger charge is 2.35. The normalized spacial score (nSPS) is 15.7. The Kier molecular flexibility index (Phi) is 1.99. The number of hydrogen-bond donors (Lipinski definition) is 0. The van der Waals surface area contributed by atoms with Crippen LogP contribution in [0.3, 0.4) is 0 Å². The minimum atomic E-state index is 0.0807. The van der Waals surface area contributed by atoms with Crippen molar-refractivity contribution in [3.63, 3.8) is 0 Å². The molecule has 2 heteroatoms. The number of halogens is 1. The summed E-state index contributed by atoms with van der Waals surface area (Å²) in [5.74, 6) is 0. The van der Waals surface area contributed by atoms with E-state index in [2.05, 4.69) is 65.1 Å².